The van der Waals surface area contributed by atoms with Gasteiger partial charge in [-0.1, -0.05) is 15.9 Å². The molecule has 0 aliphatic carbocycles. The van der Waals surface area contributed by atoms with Crippen LogP contribution in [0.4, 0.5) is 0 Å². The molecule has 2 rings (SSSR count). The van der Waals surface area contributed by atoms with E-state index in [1.54, 1.807) is 0 Å². The van der Waals surface area contributed by atoms with Gasteiger partial charge >= 0.3 is 0 Å². The highest BCUT2D eigenvalue weighted by Crippen LogP contribution is 2.28. The first kappa shape index (κ1) is 13.8. The first-order chi connectivity index (χ1) is 8.66. The second kappa shape index (κ2) is 6.55. The van der Waals surface area contributed by atoms with Crippen LogP contribution in [-0.2, 0) is 4.74 Å². The summed E-state index contributed by atoms with van der Waals surface area (Å²) in [5.41, 5.74) is 6.99. The van der Waals surface area contributed by atoms with E-state index in [9.17, 15) is 0 Å². The second-order valence-corrected chi connectivity index (χ2v) is 5.66. The fourth-order valence-electron chi connectivity index (χ4n) is 2.18. The molecule has 1 heterocycles. The molecule has 0 spiro atoms. The van der Waals surface area contributed by atoms with Crippen molar-refractivity contribution in [3.8, 4) is 5.75 Å². The van der Waals surface area contributed by atoms with Crippen LogP contribution in [0.25, 0.3) is 0 Å². The van der Waals surface area contributed by atoms with Crippen molar-refractivity contribution in [3.05, 3.63) is 28.2 Å². The standard InChI is InChI=1S/C14H20BrNO2/c1-10(16)13-9-11(15)4-5-14(13)18-8-6-12-3-2-7-17-12/h4-5,9-10,12H,2-3,6-8,16H2,1H3/t10-,12?/m1/s1. The molecule has 1 saturated heterocycles. The summed E-state index contributed by atoms with van der Waals surface area (Å²) in [6.45, 7) is 3.55. The van der Waals surface area contributed by atoms with Gasteiger partial charge < -0.3 is 15.2 Å². The Kier molecular flexibility index (Phi) is 5.03. The fourth-order valence-corrected chi connectivity index (χ4v) is 2.56. The molecular weight excluding hydrogens is 294 g/mol. The highest BCUT2D eigenvalue weighted by Gasteiger charge is 2.16. The van der Waals surface area contributed by atoms with Gasteiger partial charge in [0.25, 0.3) is 0 Å². The Morgan fingerprint density at radius 1 is 1.56 bits per heavy atom. The van der Waals surface area contributed by atoms with Gasteiger partial charge in [0.15, 0.2) is 0 Å². The molecular formula is C14H20BrNO2. The molecule has 1 aliphatic heterocycles. The normalized spacial score (nSPS) is 20.9. The zero-order valence-corrected chi connectivity index (χ0v) is 12.3. The number of ether oxygens (including phenoxy) is 2. The number of nitrogens with two attached hydrogens (primary N) is 1. The van der Waals surface area contributed by atoms with E-state index in [4.69, 9.17) is 15.2 Å². The molecule has 4 heteroatoms. The number of hydrogen-bond acceptors (Lipinski definition) is 3. The smallest absolute Gasteiger partial charge is 0.124 e. The number of benzene rings is 1. The van der Waals surface area contributed by atoms with Crippen molar-refractivity contribution in [2.24, 2.45) is 5.73 Å². The maximum atomic E-state index is 5.95. The third-order valence-corrected chi connectivity index (χ3v) is 3.68. The van der Waals surface area contributed by atoms with Crippen molar-refractivity contribution < 1.29 is 9.47 Å². The van der Waals surface area contributed by atoms with Gasteiger partial charge in [0.05, 0.1) is 12.7 Å². The van der Waals surface area contributed by atoms with Gasteiger partial charge in [0.2, 0.25) is 0 Å². The topological polar surface area (TPSA) is 44.5 Å². The van der Waals surface area contributed by atoms with E-state index in [0.717, 1.165) is 35.2 Å². The molecule has 2 atom stereocenters. The molecule has 100 valence electrons. The lowest BCUT2D eigenvalue weighted by Gasteiger charge is -2.16. The van der Waals surface area contributed by atoms with Gasteiger partial charge in [-0.05, 0) is 38.0 Å². The molecule has 0 radical (unpaired) electrons. The van der Waals surface area contributed by atoms with Crippen molar-refractivity contribution in [1.82, 2.24) is 0 Å². The summed E-state index contributed by atoms with van der Waals surface area (Å²) in [7, 11) is 0. The van der Waals surface area contributed by atoms with Crippen LogP contribution in [0.1, 0.15) is 37.8 Å². The molecule has 0 amide bonds. The van der Waals surface area contributed by atoms with E-state index < -0.39 is 0 Å². The van der Waals surface area contributed by atoms with E-state index in [0.29, 0.717) is 12.7 Å². The Morgan fingerprint density at radius 3 is 3.06 bits per heavy atom. The maximum Gasteiger partial charge on any atom is 0.124 e. The van der Waals surface area contributed by atoms with Crippen LogP contribution in [0.5, 0.6) is 5.75 Å². The molecule has 3 nitrogen and oxygen atoms in total. The van der Waals surface area contributed by atoms with Gasteiger partial charge in [-0.3, -0.25) is 0 Å². The Hall–Kier alpha value is -0.580. The molecule has 1 aromatic rings. The molecule has 1 fully saturated rings. The average molecular weight is 314 g/mol. The maximum absolute atomic E-state index is 5.95. The van der Waals surface area contributed by atoms with Crippen LogP contribution in [0.15, 0.2) is 22.7 Å². The summed E-state index contributed by atoms with van der Waals surface area (Å²) in [4.78, 5) is 0. The first-order valence-electron chi connectivity index (χ1n) is 6.46. The van der Waals surface area contributed by atoms with Crippen molar-refractivity contribution in [2.75, 3.05) is 13.2 Å². The van der Waals surface area contributed by atoms with E-state index in [2.05, 4.69) is 15.9 Å². The quantitative estimate of drug-likeness (QED) is 0.906. The molecule has 0 bridgehead atoms. The van der Waals surface area contributed by atoms with Gasteiger partial charge in [-0.15, -0.1) is 0 Å². The van der Waals surface area contributed by atoms with Crippen LogP contribution in [0.3, 0.4) is 0 Å². The van der Waals surface area contributed by atoms with Gasteiger partial charge in [0, 0.05) is 29.1 Å². The number of hydrogen-bond donors (Lipinski definition) is 1. The highest BCUT2D eigenvalue weighted by molar-refractivity contribution is 9.10. The summed E-state index contributed by atoms with van der Waals surface area (Å²) in [5.74, 6) is 0.881. The van der Waals surface area contributed by atoms with Crippen LogP contribution >= 0.6 is 15.9 Å². The number of halogens is 1. The molecule has 18 heavy (non-hydrogen) atoms. The van der Waals surface area contributed by atoms with E-state index in [1.165, 1.54) is 6.42 Å². The first-order valence-corrected chi connectivity index (χ1v) is 7.25. The third-order valence-electron chi connectivity index (χ3n) is 3.18. The zero-order valence-electron chi connectivity index (χ0n) is 10.7. The summed E-state index contributed by atoms with van der Waals surface area (Å²) in [6, 6.07) is 5.94. The molecule has 1 aromatic carbocycles. The Bertz CT molecular complexity index is 389. The van der Waals surface area contributed by atoms with E-state index in [1.807, 2.05) is 25.1 Å². The van der Waals surface area contributed by atoms with Gasteiger partial charge in [-0.25, -0.2) is 0 Å². The molecule has 1 aliphatic rings. The monoisotopic (exact) mass is 313 g/mol. The van der Waals surface area contributed by atoms with Crippen molar-refractivity contribution in [2.45, 2.75) is 38.3 Å². The van der Waals surface area contributed by atoms with E-state index >= 15 is 0 Å². The van der Waals surface area contributed by atoms with Crippen LogP contribution in [0.2, 0.25) is 0 Å². The van der Waals surface area contributed by atoms with E-state index in [-0.39, 0.29) is 6.04 Å². The lowest BCUT2D eigenvalue weighted by Crippen LogP contribution is -2.13. The summed E-state index contributed by atoms with van der Waals surface area (Å²) in [6.07, 6.45) is 3.66. The largest absolute Gasteiger partial charge is 0.493 e. The fraction of sp³-hybridized carbons (Fsp3) is 0.571. The van der Waals surface area contributed by atoms with Crippen molar-refractivity contribution in [1.29, 1.82) is 0 Å². The molecule has 2 N–H and O–H groups in total. The Labute approximate surface area is 117 Å². The highest BCUT2D eigenvalue weighted by atomic mass is 79.9. The second-order valence-electron chi connectivity index (χ2n) is 4.74. The Morgan fingerprint density at radius 2 is 2.39 bits per heavy atom. The molecule has 0 aromatic heterocycles. The van der Waals surface area contributed by atoms with Gasteiger partial charge in [-0.2, -0.15) is 0 Å². The van der Waals surface area contributed by atoms with Crippen LogP contribution in [-0.4, -0.2) is 19.3 Å². The van der Waals surface area contributed by atoms with Crippen LogP contribution < -0.4 is 10.5 Å². The molecule has 0 saturated carbocycles. The minimum Gasteiger partial charge on any atom is -0.493 e. The predicted octanol–water partition coefficient (Wildman–Crippen LogP) is 3.42. The summed E-state index contributed by atoms with van der Waals surface area (Å²) < 4.78 is 12.4. The number of rotatable bonds is 5. The predicted molar refractivity (Wildman–Crippen MR) is 75.8 cm³/mol. The average Bonchev–Trinajstić information content (AvgIpc) is 2.84. The molecule has 1 unspecified atom stereocenters. The Balaban J connectivity index is 1.91. The van der Waals surface area contributed by atoms with Gasteiger partial charge in [0.1, 0.15) is 5.75 Å². The van der Waals surface area contributed by atoms with Crippen molar-refractivity contribution in [3.63, 3.8) is 0 Å². The summed E-state index contributed by atoms with van der Waals surface area (Å²) >= 11 is 3.46. The van der Waals surface area contributed by atoms with Crippen LogP contribution in [0, 0.1) is 0 Å². The SMILES string of the molecule is C[C@@H](N)c1cc(Br)ccc1OCCC1CCCO1. The minimum absolute atomic E-state index is 0.0276. The lowest BCUT2D eigenvalue weighted by atomic mass is 10.1. The summed E-state index contributed by atoms with van der Waals surface area (Å²) in [5, 5.41) is 0. The van der Waals surface area contributed by atoms with Crippen molar-refractivity contribution >= 4 is 15.9 Å². The lowest BCUT2D eigenvalue weighted by molar-refractivity contribution is 0.0902. The zero-order chi connectivity index (χ0) is 13.0. The third kappa shape index (κ3) is 3.70. The minimum atomic E-state index is -0.0276.